The van der Waals surface area contributed by atoms with Crippen molar-refractivity contribution in [2.75, 3.05) is 33.7 Å². The number of benzene rings is 1. The second kappa shape index (κ2) is 7.56. The summed E-state index contributed by atoms with van der Waals surface area (Å²) in [5.74, 6) is 0.549. The van der Waals surface area contributed by atoms with E-state index < -0.39 is 0 Å². The largest absolute Gasteiger partial charge is 0.348 e. The molecular formula is C20H29N3O2. The predicted octanol–water partition coefficient (Wildman–Crippen LogP) is 1.94. The van der Waals surface area contributed by atoms with E-state index in [-0.39, 0.29) is 29.8 Å². The van der Waals surface area contributed by atoms with E-state index >= 15 is 0 Å². The number of carbonyl (C=O) groups is 2. The van der Waals surface area contributed by atoms with E-state index in [1.165, 1.54) is 5.56 Å². The molecule has 0 aromatic heterocycles. The average Bonchev–Trinajstić information content (AvgIpc) is 2.79. The van der Waals surface area contributed by atoms with Crippen LogP contribution in [0.3, 0.4) is 0 Å². The van der Waals surface area contributed by atoms with Gasteiger partial charge in [-0.2, -0.15) is 0 Å². The van der Waals surface area contributed by atoms with Crippen LogP contribution in [-0.4, -0.2) is 72.3 Å². The van der Waals surface area contributed by atoms with Crippen LogP contribution in [0.1, 0.15) is 37.7 Å². The molecule has 0 unspecified atom stereocenters. The lowest BCUT2D eigenvalue weighted by atomic mass is 9.89. The van der Waals surface area contributed by atoms with Crippen molar-refractivity contribution in [1.82, 2.24) is 14.7 Å². The van der Waals surface area contributed by atoms with Crippen LogP contribution in [0, 0.1) is 0 Å². The van der Waals surface area contributed by atoms with Gasteiger partial charge in [-0.15, -0.1) is 0 Å². The molecule has 5 nitrogen and oxygen atoms in total. The van der Waals surface area contributed by atoms with Crippen LogP contribution in [0.2, 0.25) is 0 Å². The van der Waals surface area contributed by atoms with Crippen LogP contribution in [0.25, 0.3) is 0 Å². The quantitative estimate of drug-likeness (QED) is 0.842. The van der Waals surface area contributed by atoms with Gasteiger partial charge in [-0.05, 0) is 18.4 Å². The minimum atomic E-state index is 0.131. The summed E-state index contributed by atoms with van der Waals surface area (Å²) in [6, 6.07) is 10.9. The number of carbonyl (C=O) groups excluding carboxylic acids is 2. The molecule has 3 atom stereocenters. The number of likely N-dealkylation sites (tertiary alicyclic amines) is 2. The highest BCUT2D eigenvalue weighted by atomic mass is 16.2. The lowest BCUT2D eigenvalue weighted by Gasteiger charge is -2.35. The smallest absolute Gasteiger partial charge is 0.236 e. The maximum absolute atomic E-state index is 12.3. The number of fused-ring (bicyclic) bond motifs is 1. The van der Waals surface area contributed by atoms with Crippen molar-refractivity contribution >= 4 is 11.8 Å². The summed E-state index contributed by atoms with van der Waals surface area (Å²) in [6.45, 7) is 3.78. The monoisotopic (exact) mass is 343 g/mol. The Bertz CT molecular complexity index is 617. The van der Waals surface area contributed by atoms with Crippen molar-refractivity contribution in [3.8, 4) is 0 Å². The van der Waals surface area contributed by atoms with Crippen molar-refractivity contribution in [2.24, 2.45) is 0 Å². The highest BCUT2D eigenvalue weighted by Gasteiger charge is 2.47. The second-order valence-corrected chi connectivity index (χ2v) is 7.50. The summed E-state index contributed by atoms with van der Waals surface area (Å²) in [7, 11) is 3.61. The van der Waals surface area contributed by atoms with E-state index in [0.717, 1.165) is 32.4 Å². The Morgan fingerprint density at radius 1 is 1.16 bits per heavy atom. The Hall–Kier alpha value is -1.88. The van der Waals surface area contributed by atoms with Crippen LogP contribution in [-0.2, 0) is 9.59 Å². The number of hydrogen-bond acceptors (Lipinski definition) is 3. The molecule has 2 heterocycles. The molecule has 25 heavy (non-hydrogen) atoms. The highest BCUT2D eigenvalue weighted by Crippen LogP contribution is 2.39. The zero-order valence-electron chi connectivity index (χ0n) is 15.5. The van der Waals surface area contributed by atoms with Gasteiger partial charge in [-0.25, -0.2) is 0 Å². The maximum Gasteiger partial charge on any atom is 0.236 e. The first kappa shape index (κ1) is 17.9. The van der Waals surface area contributed by atoms with E-state index in [9.17, 15) is 9.59 Å². The lowest BCUT2D eigenvalue weighted by molar-refractivity contribution is -0.131. The summed E-state index contributed by atoms with van der Waals surface area (Å²) < 4.78 is 0. The molecule has 1 aromatic rings. The van der Waals surface area contributed by atoms with Gasteiger partial charge in [0, 0.05) is 46.1 Å². The maximum atomic E-state index is 12.3. The number of amides is 2. The third-order valence-electron chi connectivity index (χ3n) is 5.68. The average molecular weight is 343 g/mol. The fourth-order valence-electron chi connectivity index (χ4n) is 4.41. The molecular weight excluding hydrogens is 314 g/mol. The Balaban J connectivity index is 1.94. The van der Waals surface area contributed by atoms with Crippen LogP contribution < -0.4 is 0 Å². The van der Waals surface area contributed by atoms with Gasteiger partial charge >= 0.3 is 0 Å². The van der Waals surface area contributed by atoms with E-state index in [1.807, 2.05) is 6.07 Å². The molecule has 0 saturated carbocycles. The van der Waals surface area contributed by atoms with Gasteiger partial charge in [-0.1, -0.05) is 36.8 Å². The van der Waals surface area contributed by atoms with Gasteiger partial charge < -0.3 is 9.80 Å². The Morgan fingerprint density at radius 2 is 1.88 bits per heavy atom. The summed E-state index contributed by atoms with van der Waals surface area (Å²) in [5.41, 5.74) is 1.27. The minimum Gasteiger partial charge on any atom is -0.348 e. The molecule has 0 spiro atoms. The van der Waals surface area contributed by atoms with E-state index in [1.54, 1.807) is 25.9 Å². The standard InChI is InChI=1S/C20H29N3O2/c1-15(24)23-12-8-7-11-18-20(23)17(16-9-5-4-6-10-16)13-22(18)14-19(25)21(2)3/h4-6,9-10,17-18,20H,7-8,11-14H2,1-3H3/t17-,18-,20-/m0/s1. The van der Waals surface area contributed by atoms with E-state index in [0.29, 0.717) is 6.54 Å². The van der Waals surface area contributed by atoms with Crippen molar-refractivity contribution in [3.63, 3.8) is 0 Å². The summed E-state index contributed by atoms with van der Waals surface area (Å²) in [4.78, 5) is 30.7. The fourth-order valence-corrected chi connectivity index (χ4v) is 4.41. The lowest BCUT2D eigenvalue weighted by Crippen LogP contribution is -2.49. The summed E-state index contributed by atoms with van der Waals surface area (Å²) in [5, 5.41) is 0. The SMILES string of the molecule is CC(=O)N1CCCC[C@H]2[C@@H]1[C@H](c1ccccc1)CN2CC(=O)N(C)C. The Morgan fingerprint density at radius 3 is 2.52 bits per heavy atom. The number of hydrogen-bond donors (Lipinski definition) is 0. The number of nitrogens with zero attached hydrogens (tertiary/aromatic N) is 3. The molecule has 2 fully saturated rings. The first-order valence-corrected chi connectivity index (χ1v) is 9.25. The minimum absolute atomic E-state index is 0.131. The number of rotatable bonds is 3. The van der Waals surface area contributed by atoms with Crippen LogP contribution in [0.15, 0.2) is 30.3 Å². The van der Waals surface area contributed by atoms with Crippen LogP contribution >= 0.6 is 0 Å². The van der Waals surface area contributed by atoms with Crippen molar-refractivity contribution in [2.45, 2.75) is 44.2 Å². The van der Waals surface area contributed by atoms with Crippen LogP contribution in [0.4, 0.5) is 0 Å². The second-order valence-electron chi connectivity index (χ2n) is 7.50. The van der Waals surface area contributed by atoms with E-state index in [4.69, 9.17) is 0 Å². The zero-order chi connectivity index (χ0) is 18.0. The van der Waals surface area contributed by atoms with E-state index in [2.05, 4.69) is 34.1 Å². The summed E-state index contributed by atoms with van der Waals surface area (Å²) >= 11 is 0. The molecule has 2 amide bonds. The van der Waals surface area contributed by atoms with Crippen molar-refractivity contribution in [3.05, 3.63) is 35.9 Å². The third-order valence-corrected chi connectivity index (χ3v) is 5.68. The zero-order valence-corrected chi connectivity index (χ0v) is 15.5. The van der Waals surface area contributed by atoms with Gasteiger partial charge in [-0.3, -0.25) is 14.5 Å². The topological polar surface area (TPSA) is 43.9 Å². The van der Waals surface area contributed by atoms with Crippen molar-refractivity contribution in [1.29, 1.82) is 0 Å². The Kier molecular flexibility index (Phi) is 5.42. The molecule has 0 N–H and O–H groups in total. The molecule has 0 radical (unpaired) electrons. The molecule has 1 aromatic carbocycles. The molecule has 2 aliphatic rings. The molecule has 0 aliphatic carbocycles. The molecule has 136 valence electrons. The van der Waals surface area contributed by atoms with Crippen LogP contribution in [0.5, 0.6) is 0 Å². The Labute approximate surface area is 150 Å². The fraction of sp³-hybridized carbons (Fsp3) is 0.600. The molecule has 2 aliphatic heterocycles. The van der Waals surface area contributed by atoms with Gasteiger partial charge in [0.1, 0.15) is 0 Å². The molecule has 5 heteroatoms. The van der Waals surface area contributed by atoms with Crippen molar-refractivity contribution < 1.29 is 9.59 Å². The first-order valence-electron chi connectivity index (χ1n) is 9.25. The molecule has 0 bridgehead atoms. The highest BCUT2D eigenvalue weighted by molar-refractivity contribution is 5.78. The third kappa shape index (κ3) is 3.71. The van der Waals surface area contributed by atoms with Gasteiger partial charge in [0.15, 0.2) is 0 Å². The normalized spacial score (nSPS) is 26.8. The molecule has 2 saturated heterocycles. The van der Waals surface area contributed by atoms with Gasteiger partial charge in [0.2, 0.25) is 11.8 Å². The van der Waals surface area contributed by atoms with Gasteiger partial charge in [0.25, 0.3) is 0 Å². The predicted molar refractivity (Wildman–Crippen MR) is 98.3 cm³/mol. The summed E-state index contributed by atoms with van der Waals surface area (Å²) in [6.07, 6.45) is 3.21. The number of likely N-dealkylation sites (N-methyl/N-ethyl adjacent to an activating group) is 1. The first-order chi connectivity index (χ1) is 12.0. The van der Waals surface area contributed by atoms with Gasteiger partial charge in [0.05, 0.1) is 12.6 Å². The molecule has 3 rings (SSSR count).